The highest BCUT2D eigenvalue weighted by molar-refractivity contribution is 7.89. The molecule has 0 spiro atoms. The number of ether oxygens (including phenoxy) is 1. The molecule has 0 fully saturated rings. The third kappa shape index (κ3) is 5.85. The largest absolute Gasteiger partial charge is 0.497 e. The van der Waals surface area contributed by atoms with Gasteiger partial charge in [-0.1, -0.05) is 23.5 Å². The maximum atomic E-state index is 12.4. The second kappa shape index (κ2) is 9.52. The first-order valence-corrected chi connectivity index (χ1v) is 11.6. The summed E-state index contributed by atoms with van der Waals surface area (Å²) in [5, 5.41) is 17.0. The molecule has 0 aliphatic rings. The van der Waals surface area contributed by atoms with E-state index in [4.69, 9.17) is 9.88 Å². The Hall–Kier alpha value is -2.86. The minimum atomic E-state index is -3.72. The number of nitrogens with zero attached hydrogens (tertiary/aromatic N) is 3. The first-order valence-electron chi connectivity index (χ1n) is 9.28. The van der Waals surface area contributed by atoms with Crippen LogP contribution in [0.3, 0.4) is 0 Å². The van der Waals surface area contributed by atoms with Gasteiger partial charge in [0.25, 0.3) is 5.91 Å². The second-order valence-electron chi connectivity index (χ2n) is 6.89. The smallest absolute Gasteiger partial charge is 0.286 e. The molecule has 0 aliphatic carbocycles. The van der Waals surface area contributed by atoms with E-state index in [1.165, 1.54) is 23.5 Å². The van der Waals surface area contributed by atoms with Crippen molar-refractivity contribution >= 4 is 33.0 Å². The van der Waals surface area contributed by atoms with E-state index in [0.717, 1.165) is 5.56 Å². The summed E-state index contributed by atoms with van der Waals surface area (Å²) in [4.78, 5) is 14.5. The molecule has 9 nitrogen and oxygen atoms in total. The zero-order valence-electron chi connectivity index (χ0n) is 17.3. The van der Waals surface area contributed by atoms with Crippen LogP contribution in [0.2, 0.25) is 0 Å². The average molecular weight is 462 g/mol. The molecule has 31 heavy (non-hydrogen) atoms. The van der Waals surface area contributed by atoms with Crippen LogP contribution in [-0.2, 0) is 16.6 Å². The predicted molar refractivity (Wildman–Crippen MR) is 119 cm³/mol. The summed E-state index contributed by atoms with van der Waals surface area (Å²) in [7, 11) is -0.229. The van der Waals surface area contributed by atoms with Gasteiger partial charge >= 0.3 is 0 Å². The van der Waals surface area contributed by atoms with Gasteiger partial charge in [-0.2, -0.15) is 0 Å². The lowest BCUT2D eigenvalue weighted by Crippen LogP contribution is -2.22. The van der Waals surface area contributed by atoms with Crippen molar-refractivity contribution in [1.82, 2.24) is 15.1 Å². The Labute approximate surface area is 184 Å². The molecular formula is C20H23N5O4S2. The van der Waals surface area contributed by atoms with Crippen LogP contribution in [0.15, 0.2) is 53.4 Å². The fourth-order valence-corrected chi connectivity index (χ4v) is 4.12. The summed E-state index contributed by atoms with van der Waals surface area (Å²) in [6.45, 7) is 2.47. The number of nitrogens with two attached hydrogens (primary N) is 1. The molecule has 0 bridgehead atoms. The molecule has 1 unspecified atom stereocenters. The van der Waals surface area contributed by atoms with Gasteiger partial charge in [0.1, 0.15) is 10.8 Å². The number of sulfonamides is 1. The van der Waals surface area contributed by atoms with Crippen molar-refractivity contribution in [2.45, 2.75) is 24.4 Å². The molecule has 0 saturated heterocycles. The van der Waals surface area contributed by atoms with E-state index in [-0.39, 0.29) is 21.9 Å². The summed E-state index contributed by atoms with van der Waals surface area (Å²) >= 11 is 1.22. The van der Waals surface area contributed by atoms with Crippen molar-refractivity contribution in [3.05, 3.63) is 64.1 Å². The highest BCUT2D eigenvalue weighted by Crippen LogP contribution is 2.23. The maximum Gasteiger partial charge on any atom is 0.286 e. The third-order valence-corrected chi connectivity index (χ3v) is 6.58. The van der Waals surface area contributed by atoms with Crippen LogP contribution < -0.4 is 15.2 Å². The van der Waals surface area contributed by atoms with E-state index in [0.29, 0.717) is 23.0 Å². The highest BCUT2D eigenvalue weighted by Gasteiger charge is 2.18. The highest BCUT2D eigenvalue weighted by atomic mass is 32.2. The van der Waals surface area contributed by atoms with Gasteiger partial charge < -0.3 is 10.1 Å². The number of carbonyl (C=O) groups excluding carboxylic acids is 1. The number of primary sulfonamides is 1. The van der Waals surface area contributed by atoms with E-state index in [1.807, 2.05) is 18.9 Å². The van der Waals surface area contributed by atoms with E-state index < -0.39 is 10.0 Å². The molecule has 3 aromatic rings. The number of benzene rings is 2. The fraction of sp³-hybridized carbons (Fsp3) is 0.250. The van der Waals surface area contributed by atoms with Crippen LogP contribution in [-0.4, -0.2) is 43.6 Å². The lowest BCUT2D eigenvalue weighted by Gasteiger charge is -2.24. The van der Waals surface area contributed by atoms with Gasteiger partial charge in [0.2, 0.25) is 15.0 Å². The molecule has 0 radical (unpaired) electrons. The predicted octanol–water partition coefficient (Wildman–Crippen LogP) is 2.64. The minimum absolute atomic E-state index is 0.0185. The zero-order chi connectivity index (χ0) is 22.6. The molecule has 0 saturated carbocycles. The SMILES string of the molecule is COc1ccc(NC(=O)c2nnc(CN(C)C(C)c3ccc(S(N)(=O)=O)cc3)s2)cc1. The molecule has 3 rings (SSSR count). The number of anilines is 1. The third-order valence-electron chi connectivity index (χ3n) is 4.75. The molecule has 11 heteroatoms. The Bertz CT molecular complexity index is 1150. The van der Waals surface area contributed by atoms with Crippen LogP contribution in [0.5, 0.6) is 5.75 Å². The van der Waals surface area contributed by atoms with Crippen LogP contribution in [0.4, 0.5) is 5.69 Å². The summed E-state index contributed by atoms with van der Waals surface area (Å²) in [6, 6.07) is 13.4. The maximum absolute atomic E-state index is 12.4. The topological polar surface area (TPSA) is 128 Å². The van der Waals surface area contributed by atoms with E-state index in [9.17, 15) is 13.2 Å². The number of hydrogen-bond donors (Lipinski definition) is 2. The van der Waals surface area contributed by atoms with Crippen LogP contribution in [0.25, 0.3) is 0 Å². The van der Waals surface area contributed by atoms with Crippen LogP contribution in [0, 0.1) is 0 Å². The average Bonchev–Trinajstić information content (AvgIpc) is 3.22. The minimum Gasteiger partial charge on any atom is -0.497 e. The molecule has 1 aromatic heterocycles. The van der Waals surface area contributed by atoms with Crippen LogP contribution in [0.1, 0.15) is 33.3 Å². The van der Waals surface area contributed by atoms with Gasteiger partial charge in [0, 0.05) is 11.7 Å². The number of carbonyl (C=O) groups is 1. The van der Waals surface area contributed by atoms with Gasteiger partial charge in [0.05, 0.1) is 18.6 Å². The second-order valence-corrected chi connectivity index (χ2v) is 9.51. The first-order chi connectivity index (χ1) is 14.7. The Kier molecular flexibility index (Phi) is 7.01. The molecule has 1 atom stereocenters. The van der Waals surface area contributed by atoms with Gasteiger partial charge in [-0.25, -0.2) is 13.6 Å². The van der Waals surface area contributed by atoms with Crippen molar-refractivity contribution in [2.75, 3.05) is 19.5 Å². The number of nitrogens with one attached hydrogen (secondary N) is 1. The number of aromatic nitrogens is 2. The van der Waals surface area contributed by atoms with Crippen molar-refractivity contribution in [1.29, 1.82) is 0 Å². The Balaban J connectivity index is 1.62. The molecular weight excluding hydrogens is 438 g/mol. The number of hydrogen-bond acceptors (Lipinski definition) is 8. The fourth-order valence-electron chi connectivity index (χ4n) is 2.81. The number of rotatable bonds is 8. The molecule has 0 aliphatic heterocycles. The first kappa shape index (κ1) is 22.8. The van der Waals surface area contributed by atoms with Crippen LogP contribution >= 0.6 is 11.3 Å². The molecule has 2 aromatic carbocycles. The molecule has 164 valence electrons. The summed E-state index contributed by atoms with van der Waals surface area (Å²) in [5.41, 5.74) is 1.56. The summed E-state index contributed by atoms with van der Waals surface area (Å²) in [5.74, 6) is 0.371. The summed E-state index contributed by atoms with van der Waals surface area (Å²) < 4.78 is 27.9. The monoisotopic (exact) mass is 461 g/mol. The van der Waals surface area contributed by atoms with Gasteiger partial charge in [-0.05, 0) is 55.9 Å². The van der Waals surface area contributed by atoms with Crippen molar-refractivity contribution in [3.8, 4) is 5.75 Å². The van der Waals surface area contributed by atoms with E-state index in [1.54, 1.807) is 43.5 Å². The Morgan fingerprint density at radius 3 is 2.39 bits per heavy atom. The standard InChI is InChI=1S/C20H23N5O4S2/c1-13(14-4-10-17(11-5-14)31(21,27)28)25(2)12-18-23-24-20(30-18)19(26)22-15-6-8-16(29-3)9-7-15/h4-11,13H,12H2,1-3H3,(H,22,26)(H2,21,27,28). The zero-order valence-corrected chi connectivity index (χ0v) is 18.9. The summed E-state index contributed by atoms with van der Waals surface area (Å²) in [6.07, 6.45) is 0. The lowest BCUT2D eigenvalue weighted by atomic mass is 10.1. The van der Waals surface area contributed by atoms with Gasteiger partial charge in [-0.15, -0.1) is 10.2 Å². The Morgan fingerprint density at radius 1 is 1.16 bits per heavy atom. The lowest BCUT2D eigenvalue weighted by molar-refractivity contribution is 0.102. The molecule has 3 N–H and O–H groups in total. The normalized spacial score (nSPS) is 12.5. The number of methoxy groups -OCH3 is 1. The van der Waals surface area contributed by atoms with E-state index >= 15 is 0 Å². The Morgan fingerprint density at radius 2 is 1.81 bits per heavy atom. The molecule has 1 amide bonds. The van der Waals surface area contributed by atoms with Crippen molar-refractivity contribution in [3.63, 3.8) is 0 Å². The number of amides is 1. The molecule has 1 heterocycles. The van der Waals surface area contributed by atoms with Crippen molar-refractivity contribution < 1.29 is 17.9 Å². The van der Waals surface area contributed by atoms with Gasteiger partial charge in [-0.3, -0.25) is 9.69 Å². The van der Waals surface area contributed by atoms with E-state index in [2.05, 4.69) is 15.5 Å². The quantitative estimate of drug-likeness (QED) is 0.528. The van der Waals surface area contributed by atoms with Crippen molar-refractivity contribution in [2.24, 2.45) is 5.14 Å². The van der Waals surface area contributed by atoms with Gasteiger partial charge in [0.15, 0.2) is 0 Å².